The van der Waals surface area contributed by atoms with E-state index in [9.17, 15) is 14.0 Å². The van der Waals surface area contributed by atoms with Crippen molar-refractivity contribution in [1.29, 1.82) is 0 Å². The zero-order valence-electron chi connectivity index (χ0n) is 15.5. The molecular formula is C23H19FO5. The molecule has 148 valence electrons. The van der Waals surface area contributed by atoms with Crippen molar-refractivity contribution in [3.63, 3.8) is 0 Å². The standard InChI is InChI=1S/C23H19FO5/c24-20-11-4-5-12-21(20)29-23(26)14-13-22(25)27-16-17-7-6-10-19(15-17)28-18-8-2-1-3-9-18/h1-12,15H,13-14,16H2. The summed E-state index contributed by atoms with van der Waals surface area (Å²) < 4.78 is 29.3. The van der Waals surface area contributed by atoms with Gasteiger partial charge in [0.2, 0.25) is 0 Å². The third kappa shape index (κ3) is 6.46. The number of rotatable bonds is 8. The third-order valence-corrected chi connectivity index (χ3v) is 3.87. The smallest absolute Gasteiger partial charge is 0.311 e. The molecule has 0 saturated carbocycles. The van der Waals surface area contributed by atoms with Gasteiger partial charge in [0.25, 0.3) is 0 Å². The molecule has 0 fully saturated rings. The highest BCUT2D eigenvalue weighted by Gasteiger charge is 2.12. The van der Waals surface area contributed by atoms with E-state index in [2.05, 4.69) is 0 Å². The number of esters is 2. The van der Waals surface area contributed by atoms with Gasteiger partial charge in [-0.1, -0.05) is 42.5 Å². The fourth-order valence-corrected chi connectivity index (χ4v) is 2.46. The number of carbonyl (C=O) groups excluding carboxylic acids is 2. The van der Waals surface area contributed by atoms with Gasteiger partial charge in [0.05, 0.1) is 12.8 Å². The van der Waals surface area contributed by atoms with Crippen LogP contribution in [-0.4, -0.2) is 11.9 Å². The van der Waals surface area contributed by atoms with Crippen molar-refractivity contribution in [3.8, 4) is 17.2 Å². The van der Waals surface area contributed by atoms with E-state index in [-0.39, 0.29) is 25.2 Å². The summed E-state index contributed by atoms with van der Waals surface area (Å²) in [6, 6.07) is 22.1. The molecule has 0 saturated heterocycles. The molecule has 0 heterocycles. The van der Waals surface area contributed by atoms with Crippen molar-refractivity contribution in [2.24, 2.45) is 0 Å². The van der Waals surface area contributed by atoms with Crippen LogP contribution in [0.1, 0.15) is 18.4 Å². The molecule has 29 heavy (non-hydrogen) atoms. The lowest BCUT2D eigenvalue weighted by molar-refractivity contribution is -0.148. The second-order valence-corrected chi connectivity index (χ2v) is 6.13. The number of carbonyl (C=O) groups is 2. The molecule has 3 aromatic carbocycles. The van der Waals surface area contributed by atoms with Gasteiger partial charge in [0.15, 0.2) is 11.6 Å². The van der Waals surface area contributed by atoms with Crippen LogP contribution in [-0.2, 0) is 20.9 Å². The van der Waals surface area contributed by atoms with Crippen molar-refractivity contribution in [2.75, 3.05) is 0 Å². The monoisotopic (exact) mass is 394 g/mol. The first kappa shape index (κ1) is 20.1. The maximum absolute atomic E-state index is 13.4. The topological polar surface area (TPSA) is 61.8 Å². The second kappa shape index (κ2) is 10.0. The first-order valence-electron chi connectivity index (χ1n) is 9.03. The number of para-hydroxylation sites is 2. The number of benzene rings is 3. The molecule has 0 aliphatic carbocycles. The molecule has 0 aromatic heterocycles. The van der Waals surface area contributed by atoms with E-state index >= 15 is 0 Å². The van der Waals surface area contributed by atoms with Crippen LogP contribution in [0.2, 0.25) is 0 Å². The minimum absolute atomic E-state index is 0.0488. The molecule has 3 aromatic rings. The predicted molar refractivity (Wildman–Crippen MR) is 104 cm³/mol. The lowest BCUT2D eigenvalue weighted by atomic mass is 10.2. The Morgan fingerprint density at radius 2 is 1.45 bits per heavy atom. The largest absolute Gasteiger partial charge is 0.461 e. The summed E-state index contributed by atoms with van der Waals surface area (Å²) in [5, 5.41) is 0. The zero-order chi connectivity index (χ0) is 20.5. The van der Waals surface area contributed by atoms with E-state index < -0.39 is 17.8 Å². The van der Waals surface area contributed by atoms with Crippen LogP contribution in [0.3, 0.4) is 0 Å². The Balaban J connectivity index is 1.44. The lowest BCUT2D eigenvalue weighted by Gasteiger charge is -2.09. The van der Waals surface area contributed by atoms with Gasteiger partial charge < -0.3 is 14.2 Å². The highest BCUT2D eigenvalue weighted by Crippen LogP contribution is 2.22. The predicted octanol–water partition coefficient (Wildman–Crippen LogP) is 5.05. The molecule has 0 spiro atoms. The third-order valence-electron chi connectivity index (χ3n) is 3.87. The number of hydrogen-bond acceptors (Lipinski definition) is 5. The van der Waals surface area contributed by atoms with Crippen molar-refractivity contribution >= 4 is 11.9 Å². The van der Waals surface area contributed by atoms with Gasteiger partial charge in [0, 0.05) is 0 Å². The van der Waals surface area contributed by atoms with Crippen LogP contribution in [0, 0.1) is 5.82 Å². The minimum Gasteiger partial charge on any atom is -0.461 e. The summed E-state index contributed by atoms with van der Waals surface area (Å²) >= 11 is 0. The molecule has 3 rings (SSSR count). The molecule has 0 unspecified atom stereocenters. The van der Waals surface area contributed by atoms with E-state index in [4.69, 9.17) is 14.2 Å². The van der Waals surface area contributed by atoms with Crippen LogP contribution < -0.4 is 9.47 Å². The van der Waals surface area contributed by atoms with E-state index in [1.165, 1.54) is 18.2 Å². The quantitative estimate of drug-likeness (QED) is 0.395. The summed E-state index contributed by atoms with van der Waals surface area (Å²) in [6.07, 6.45) is -0.363. The van der Waals surface area contributed by atoms with Crippen molar-refractivity contribution < 1.29 is 28.2 Å². The van der Waals surface area contributed by atoms with Gasteiger partial charge in [-0.05, 0) is 42.0 Å². The maximum Gasteiger partial charge on any atom is 0.311 e. The summed E-state index contributed by atoms with van der Waals surface area (Å²) in [5.41, 5.74) is 0.751. The zero-order valence-corrected chi connectivity index (χ0v) is 15.5. The van der Waals surface area contributed by atoms with E-state index in [1.807, 2.05) is 30.3 Å². The summed E-state index contributed by atoms with van der Waals surface area (Å²) in [4.78, 5) is 23.6. The van der Waals surface area contributed by atoms with E-state index in [0.29, 0.717) is 11.5 Å². The van der Waals surface area contributed by atoms with Crippen LogP contribution in [0.4, 0.5) is 4.39 Å². The Bertz CT molecular complexity index is 972. The normalized spacial score (nSPS) is 10.2. The van der Waals surface area contributed by atoms with Crippen molar-refractivity contribution in [2.45, 2.75) is 19.4 Å². The molecule has 5 nitrogen and oxygen atoms in total. The van der Waals surface area contributed by atoms with Gasteiger partial charge in [-0.25, -0.2) is 4.39 Å². The highest BCUT2D eigenvalue weighted by molar-refractivity contribution is 5.79. The van der Waals surface area contributed by atoms with Crippen LogP contribution in [0.25, 0.3) is 0 Å². The maximum atomic E-state index is 13.4. The molecule has 6 heteroatoms. The number of halogens is 1. The lowest BCUT2D eigenvalue weighted by Crippen LogP contribution is -2.13. The Labute approximate surface area is 167 Å². The van der Waals surface area contributed by atoms with Gasteiger partial charge in [-0.3, -0.25) is 9.59 Å². The van der Waals surface area contributed by atoms with Gasteiger partial charge in [0.1, 0.15) is 18.1 Å². The summed E-state index contributed by atoms with van der Waals surface area (Å²) in [7, 11) is 0. The number of ether oxygens (including phenoxy) is 3. The first-order chi connectivity index (χ1) is 14.1. The molecule has 0 bridgehead atoms. The van der Waals surface area contributed by atoms with Crippen molar-refractivity contribution in [3.05, 3.63) is 90.2 Å². The summed E-state index contributed by atoms with van der Waals surface area (Å²) in [6.45, 7) is 0.0488. The van der Waals surface area contributed by atoms with E-state index in [0.717, 1.165) is 5.56 Å². The first-order valence-corrected chi connectivity index (χ1v) is 9.03. The number of hydrogen-bond donors (Lipinski definition) is 0. The van der Waals surface area contributed by atoms with Crippen LogP contribution in [0.15, 0.2) is 78.9 Å². The molecule has 0 N–H and O–H groups in total. The Morgan fingerprint density at radius 1 is 0.759 bits per heavy atom. The molecule has 0 atom stereocenters. The van der Waals surface area contributed by atoms with Gasteiger partial charge in [-0.2, -0.15) is 0 Å². The summed E-state index contributed by atoms with van der Waals surface area (Å²) in [5.74, 6) is -0.731. The fraction of sp³-hybridized carbons (Fsp3) is 0.130. The van der Waals surface area contributed by atoms with Gasteiger partial charge in [-0.15, -0.1) is 0 Å². The molecule has 0 aliphatic rings. The van der Waals surface area contributed by atoms with Crippen LogP contribution >= 0.6 is 0 Å². The average Bonchev–Trinajstić information content (AvgIpc) is 2.73. The molecular weight excluding hydrogens is 375 g/mol. The van der Waals surface area contributed by atoms with Gasteiger partial charge >= 0.3 is 11.9 Å². The molecule has 0 radical (unpaired) electrons. The molecule has 0 amide bonds. The Hall–Kier alpha value is -3.67. The fourth-order valence-electron chi connectivity index (χ4n) is 2.46. The SMILES string of the molecule is O=C(CCC(=O)Oc1ccccc1F)OCc1cccc(Oc2ccccc2)c1. The van der Waals surface area contributed by atoms with Crippen LogP contribution in [0.5, 0.6) is 17.2 Å². The Kier molecular flexibility index (Phi) is 6.95. The van der Waals surface area contributed by atoms with Crippen molar-refractivity contribution in [1.82, 2.24) is 0 Å². The molecule has 0 aliphatic heterocycles. The highest BCUT2D eigenvalue weighted by atomic mass is 19.1. The average molecular weight is 394 g/mol. The van der Waals surface area contributed by atoms with E-state index in [1.54, 1.807) is 30.3 Å². The minimum atomic E-state index is -0.703. The Morgan fingerprint density at radius 3 is 2.24 bits per heavy atom. The second-order valence-electron chi connectivity index (χ2n) is 6.13.